The molecule has 2 aromatic heterocycles. The highest BCUT2D eigenvalue weighted by molar-refractivity contribution is 6.42. The summed E-state index contributed by atoms with van der Waals surface area (Å²) in [4.78, 5) is 49.6. The number of aromatic amines is 1. The Labute approximate surface area is 229 Å². The van der Waals surface area contributed by atoms with Gasteiger partial charge in [-0.15, -0.1) is 0 Å². The lowest BCUT2D eigenvalue weighted by Gasteiger charge is -2.32. The van der Waals surface area contributed by atoms with Crippen molar-refractivity contribution >= 4 is 45.9 Å². The molecule has 0 bridgehead atoms. The molecule has 0 unspecified atom stereocenters. The number of carbonyl (C=O) groups is 2. The monoisotopic (exact) mass is 551 g/mol. The van der Waals surface area contributed by atoms with E-state index in [9.17, 15) is 14.4 Å². The summed E-state index contributed by atoms with van der Waals surface area (Å²) in [6, 6.07) is 14.6. The normalized spacial score (nSPS) is 14.1. The van der Waals surface area contributed by atoms with Gasteiger partial charge in [-0.1, -0.05) is 35.3 Å². The summed E-state index contributed by atoms with van der Waals surface area (Å²) in [5.41, 5.74) is 2.81. The Morgan fingerprint density at radius 2 is 1.87 bits per heavy atom. The van der Waals surface area contributed by atoms with Gasteiger partial charge in [0, 0.05) is 32.9 Å². The number of likely N-dealkylation sites (N-methyl/N-ethyl adjacent to an activating group) is 1. The number of amides is 2. The standard InChI is InChI=1S/C28H27Cl2N5O3/c1-33(15-18-4-6-22(29)23(30)13-18)26(36)16-35-17-32-24-7-5-20(14-21(24)27(35)37)19-8-11-34(12-9-19)28(38)25-3-2-10-31-25/h2-7,10,13-14,17,19,31H,8-9,11-12,15-16H2,1H3. The maximum atomic E-state index is 13.3. The van der Waals surface area contributed by atoms with Crippen molar-refractivity contribution in [2.75, 3.05) is 20.1 Å². The second kappa shape index (κ2) is 11.0. The minimum Gasteiger partial charge on any atom is -0.357 e. The number of likely N-dealkylation sites (tertiary alicyclic amines) is 1. The second-order valence-electron chi connectivity index (χ2n) is 9.60. The van der Waals surface area contributed by atoms with Crippen molar-refractivity contribution < 1.29 is 9.59 Å². The van der Waals surface area contributed by atoms with Crippen molar-refractivity contribution in [3.63, 3.8) is 0 Å². The Kier molecular flexibility index (Phi) is 7.53. The predicted molar refractivity (Wildman–Crippen MR) is 148 cm³/mol. The third-order valence-corrected chi connectivity index (χ3v) is 7.80. The summed E-state index contributed by atoms with van der Waals surface area (Å²) in [6.07, 6.45) is 4.78. The number of halogens is 2. The molecule has 8 nitrogen and oxygen atoms in total. The zero-order valence-electron chi connectivity index (χ0n) is 20.9. The van der Waals surface area contributed by atoms with Gasteiger partial charge in [-0.05, 0) is 66.3 Å². The van der Waals surface area contributed by atoms with Crippen LogP contribution in [0.25, 0.3) is 10.9 Å². The van der Waals surface area contributed by atoms with E-state index in [1.807, 2.05) is 35.2 Å². The van der Waals surface area contributed by atoms with Crippen LogP contribution >= 0.6 is 23.2 Å². The zero-order valence-corrected chi connectivity index (χ0v) is 22.4. The quantitative estimate of drug-likeness (QED) is 0.375. The SMILES string of the molecule is CN(Cc1ccc(Cl)c(Cl)c1)C(=O)Cn1cnc2ccc(C3CCN(C(=O)c4ccc[nH]4)CC3)cc2c1=O. The number of nitrogens with zero attached hydrogens (tertiary/aromatic N) is 4. The summed E-state index contributed by atoms with van der Waals surface area (Å²) in [6.45, 7) is 1.51. The van der Waals surface area contributed by atoms with Crippen molar-refractivity contribution in [2.45, 2.75) is 31.8 Å². The van der Waals surface area contributed by atoms with Gasteiger partial charge in [0.25, 0.3) is 11.5 Å². The van der Waals surface area contributed by atoms with Crippen molar-refractivity contribution in [3.8, 4) is 0 Å². The van der Waals surface area contributed by atoms with Gasteiger partial charge >= 0.3 is 0 Å². The van der Waals surface area contributed by atoms with Crippen LogP contribution in [-0.2, 0) is 17.9 Å². The molecule has 1 aliphatic heterocycles. The summed E-state index contributed by atoms with van der Waals surface area (Å²) in [7, 11) is 1.68. The van der Waals surface area contributed by atoms with Crippen LogP contribution in [0, 0.1) is 0 Å². The molecule has 5 rings (SSSR count). The molecule has 1 fully saturated rings. The molecule has 0 radical (unpaired) electrons. The van der Waals surface area contributed by atoms with Gasteiger partial charge in [0.1, 0.15) is 12.2 Å². The number of aromatic nitrogens is 3. The summed E-state index contributed by atoms with van der Waals surface area (Å²) < 4.78 is 1.34. The molecule has 2 aromatic carbocycles. The number of piperidine rings is 1. The molecule has 0 saturated carbocycles. The Balaban J connectivity index is 1.27. The molecular formula is C28H27Cl2N5O3. The summed E-state index contributed by atoms with van der Waals surface area (Å²) in [5.74, 6) is 0.0153. The number of H-pyrrole nitrogens is 1. The smallest absolute Gasteiger partial charge is 0.270 e. The van der Waals surface area contributed by atoms with E-state index in [1.54, 1.807) is 31.4 Å². The van der Waals surface area contributed by atoms with Gasteiger partial charge in [-0.3, -0.25) is 19.0 Å². The molecule has 0 spiro atoms. The van der Waals surface area contributed by atoms with Crippen LogP contribution in [0.2, 0.25) is 10.0 Å². The van der Waals surface area contributed by atoms with Gasteiger partial charge in [0.05, 0.1) is 27.3 Å². The topological polar surface area (TPSA) is 91.3 Å². The number of rotatable bonds is 6. The van der Waals surface area contributed by atoms with Crippen LogP contribution in [0.15, 0.2) is 65.8 Å². The van der Waals surface area contributed by atoms with Crippen LogP contribution in [-0.4, -0.2) is 56.3 Å². The molecule has 3 heterocycles. The van der Waals surface area contributed by atoms with Crippen LogP contribution in [0.1, 0.15) is 40.4 Å². The fourth-order valence-corrected chi connectivity index (χ4v) is 5.18. The average molecular weight is 552 g/mol. The zero-order chi connectivity index (χ0) is 26.8. The van der Waals surface area contributed by atoms with Gasteiger partial charge in [-0.25, -0.2) is 4.98 Å². The molecule has 38 heavy (non-hydrogen) atoms. The van der Waals surface area contributed by atoms with E-state index < -0.39 is 0 Å². The fourth-order valence-electron chi connectivity index (χ4n) is 4.86. The van der Waals surface area contributed by atoms with E-state index in [1.165, 1.54) is 15.8 Å². The van der Waals surface area contributed by atoms with E-state index in [0.717, 1.165) is 24.0 Å². The molecule has 2 amide bonds. The molecule has 1 saturated heterocycles. The van der Waals surface area contributed by atoms with E-state index >= 15 is 0 Å². The minimum absolute atomic E-state index is 0.00726. The van der Waals surface area contributed by atoms with E-state index in [4.69, 9.17) is 23.2 Å². The van der Waals surface area contributed by atoms with Crippen molar-refractivity contribution in [2.24, 2.45) is 0 Å². The summed E-state index contributed by atoms with van der Waals surface area (Å²) >= 11 is 12.1. The number of carbonyl (C=O) groups excluding carboxylic acids is 2. The first-order chi connectivity index (χ1) is 18.3. The highest BCUT2D eigenvalue weighted by Crippen LogP contribution is 2.30. The summed E-state index contributed by atoms with van der Waals surface area (Å²) in [5, 5.41) is 1.36. The third kappa shape index (κ3) is 5.47. The van der Waals surface area contributed by atoms with E-state index in [-0.39, 0.29) is 29.8 Å². The highest BCUT2D eigenvalue weighted by Gasteiger charge is 2.25. The van der Waals surface area contributed by atoms with Crippen molar-refractivity contribution in [3.05, 3.63) is 98.3 Å². The van der Waals surface area contributed by atoms with Crippen molar-refractivity contribution in [1.82, 2.24) is 24.3 Å². The largest absolute Gasteiger partial charge is 0.357 e. The molecule has 10 heteroatoms. The average Bonchev–Trinajstić information content (AvgIpc) is 3.47. The third-order valence-electron chi connectivity index (χ3n) is 7.07. The molecule has 196 valence electrons. The first-order valence-electron chi connectivity index (χ1n) is 12.4. The predicted octanol–water partition coefficient (Wildman–Crippen LogP) is 4.71. The Hall–Kier alpha value is -3.62. The molecule has 1 N–H and O–H groups in total. The number of benzene rings is 2. The van der Waals surface area contributed by atoms with Gasteiger partial charge < -0.3 is 14.8 Å². The Morgan fingerprint density at radius 1 is 1.08 bits per heavy atom. The molecule has 1 aliphatic rings. The molecule has 4 aromatic rings. The lowest BCUT2D eigenvalue weighted by Crippen LogP contribution is -2.38. The molecule has 0 aliphatic carbocycles. The lowest BCUT2D eigenvalue weighted by atomic mass is 9.88. The van der Waals surface area contributed by atoms with Crippen LogP contribution in [0.3, 0.4) is 0 Å². The number of fused-ring (bicyclic) bond motifs is 1. The number of hydrogen-bond acceptors (Lipinski definition) is 4. The minimum atomic E-state index is -0.257. The van der Waals surface area contributed by atoms with Crippen LogP contribution in [0.5, 0.6) is 0 Å². The van der Waals surface area contributed by atoms with E-state index in [2.05, 4.69) is 9.97 Å². The maximum Gasteiger partial charge on any atom is 0.270 e. The Bertz CT molecular complexity index is 1540. The Morgan fingerprint density at radius 3 is 2.58 bits per heavy atom. The highest BCUT2D eigenvalue weighted by atomic mass is 35.5. The van der Waals surface area contributed by atoms with Gasteiger partial charge in [-0.2, -0.15) is 0 Å². The second-order valence-corrected chi connectivity index (χ2v) is 10.4. The van der Waals surface area contributed by atoms with Crippen molar-refractivity contribution in [1.29, 1.82) is 0 Å². The first kappa shape index (κ1) is 26.0. The fraction of sp³-hybridized carbons (Fsp3) is 0.286. The number of hydrogen-bond donors (Lipinski definition) is 1. The van der Waals surface area contributed by atoms with Crippen LogP contribution in [0.4, 0.5) is 0 Å². The van der Waals surface area contributed by atoms with Crippen LogP contribution < -0.4 is 5.56 Å². The number of nitrogens with one attached hydrogen (secondary N) is 1. The molecular weight excluding hydrogens is 525 g/mol. The van der Waals surface area contributed by atoms with Gasteiger partial charge in [0.15, 0.2) is 0 Å². The lowest BCUT2D eigenvalue weighted by molar-refractivity contribution is -0.131. The van der Waals surface area contributed by atoms with E-state index in [0.29, 0.717) is 46.3 Å². The first-order valence-corrected chi connectivity index (χ1v) is 13.2. The van der Waals surface area contributed by atoms with Gasteiger partial charge in [0.2, 0.25) is 5.91 Å². The molecule has 0 atom stereocenters. The maximum absolute atomic E-state index is 13.3.